The molecule has 0 amide bonds. The van der Waals surface area contributed by atoms with Gasteiger partial charge in [-0.05, 0) is 49.4 Å². The Hall–Kier alpha value is -0.715. The van der Waals surface area contributed by atoms with E-state index in [0.717, 1.165) is 12.7 Å². The van der Waals surface area contributed by atoms with E-state index in [-0.39, 0.29) is 0 Å². The molecule has 0 saturated carbocycles. The maximum absolute atomic E-state index is 5.52. The fourth-order valence-corrected chi connectivity index (χ4v) is 1.44. The van der Waals surface area contributed by atoms with Gasteiger partial charge in [-0.15, -0.1) is 0 Å². The minimum absolute atomic E-state index is 0.739. The first-order valence-electron chi connectivity index (χ1n) is 4.42. The van der Waals surface area contributed by atoms with Crippen molar-refractivity contribution in [2.24, 2.45) is 0 Å². The van der Waals surface area contributed by atoms with Crippen LogP contribution in [0.25, 0.3) is 0 Å². The number of hydrogen-bond acceptors (Lipinski definition) is 0. The Morgan fingerprint density at radius 2 is 1.75 bits per heavy atom. The van der Waals surface area contributed by atoms with Crippen LogP contribution in [0.5, 0.6) is 0 Å². The normalized spacial score (nSPS) is 10.2. The van der Waals surface area contributed by atoms with Crippen LogP contribution in [0.2, 0.25) is 6.32 Å². The molecule has 0 atom stereocenters. The number of rotatable bonds is 2. The van der Waals surface area contributed by atoms with Gasteiger partial charge < -0.3 is 0 Å². The van der Waals surface area contributed by atoms with Gasteiger partial charge in [0.15, 0.2) is 0 Å². The van der Waals surface area contributed by atoms with Gasteiger partial charge in [-0.3, -0.25) is 0 Å². The second kappa shape index (κ2) is 3.80. The van der Waals surface area contributed by atoms with Crippen LogP contribution in [0.1, 0.15) is 22.3 Å². The second-order valence-electron chi connectivity index (χ2n) is 3.33. The molecule has 0 spiro atoms. The molecule has 0 unspecified atom stereocenters. The number of hydrogen-bond donors (Lipinski definition) is 0. The zero-order chi connectivity index (χ0) is 9.14. The summed E-state index contributed by atoms with van der Waals surface area (Å²) in [5, 5.41) is 0. The van der Waals surface area contributed by atoms with Crippen molar-refractivity contribution >= 4 is 7.85 Å². The van der Waals surface area contributed by atoms with Crippen molar-refractivity contribution in [3.05, 3.63) is 34.4 Å². The number of benzene rings is 1. The van der Waals surface area contributed by atoms with Crippen LogP contribution >= 0.6 is 0 Å². The molecule has 12 heavy (non-hydrogen) atoms. The molecule has 0 aliphatic heterocycles. The highest BCUT2D eigenvalue weighted by molar-refractivity contribution is 6.08. The van der Waals surface area contributed by atoms with E-state index in [0.29, 0.717) is 0 Å². The van der Waals surface area contributed by atoms with Gasteiger partial charge in [0.2, 0.25) is 0 Å². The topological polar surface area (TPSA) is 0 Å². The lowest BCUT2D eigenvalue weighted by molar-refractivity contribution is 1.08. The summed E-state index contributed by atoms with van der Waals surface area (Å²) in [4.78, 5) is 0. The highest BCUT2D eigenvalue weighted by Crippen LogP contribution is 2.17. The molecule has 1 heteroatoms. The fourth-order valence-electron chi connectivity index (χ4n) is 1.44. The molecule has 0 aliphatic carbocycles. The van der Waals surface area contributed by atoms with E-state index >= 15 is 0 Å². The van der Waals surface area contributed by atoms with Gasteiger partial charge >= 0.3 is 0 Å². The largest absolute Gasteiger partial charge is 0.0847 e. The van der Waals surface area contributed by atoms with Gasteiger partial charge in [-0.1, -0.05) is 18.5 Å². The molecule has 1 aromatic carbocycles. The van der Waals surface area contributed by atoms with Crippen LogP contribution in [-0.2, 0) is 6.42 Å². The molecule has 0 fully saturated rings. The van der Waals surface area contributed by atoms with E-state index in [2.05, 4.69) is 32.9 Å². The molecule has 2 radical (unpaired) electrons. The summed E-state index contributed by atoms with van der Waals surface area (Å²) in [5.41, 5.74) is 5.57. The minimum Gasteiger partial charge on any atom is -0.0847 e. The van der Waals surface area contributed by atoms with Crippen LogP contribution in [0, 0.1) is 20.8 Å². The molecule has 0 saturated heterocycles. The van der Waals surface area contributed by atoms with Crippen LogP contribution in [0.15, 0.2) is 12.1 Å². The van der Waals surface area contributed by atoms with E-state index < -0.39 is 0 Å². The van der Waals surface area contributed by atoms with E-state index in [1.807, 2.05) is 0 Å². The van der Waals surface area contributed by atoms with Crippen molar-refractivity contribution in [3.63, 3.8) is 0 Å². The van der Waals surface area contributed by atoms with E-state index in [4.69, 9.17) is 7.85 Å². The maximum atomic E-state index is 5.52. The van der Waals surface area contributed by atoms with Crippen LogP contribution in [-0.4, -0.2) is 7.85 Å². The third-order valence-electron chi connectivity index (χ3n) is 2.58. The summed E-state index contributed by atoms with van der Waals surface area (Å²) in [6, 6.07) is 4.36. The van der Waals surface area contributed by atoms with Gasteiger partial charge in [-0.25, -0.2) is 0 Å². The standard InChI is InChI=1S/C11H15B/c1-8-4-5-11(6-7-12)10(3)9(8)2/h4-5H,6-7H2,1-3H3. The zero-order valence-corrected chi connectivity index (χ0v) is 8.15. The van der Waals surface area contributed by atoms with Gasteiger partial charge in [0.1, 0.15) is 0 Å². The van der Waals surface area contributed by atoms with Gasteiger partial charge in [0, 0.05) is 0 Å². The Morgan fingerprint density at radius 1 is 1.08 bits per heavy atom. The van der Waals surface area contributed by atoms with Crippen molar-refractivity contribution in [2.75, 3.05) is 0 Å². The number of aryl methyl sites for hydroxylation is 2. The van der Waals surface area contributed by atoms with Gasteiger partial charge in [0.05, 0.1) is 7.85 Å². The smallest absolute Gasteiger partial charge is 0.0657 e. The fraction of sp³-hybridized carbons (Fsp3) is 0.455. The highest BCUT2D eigenvalue weighted by Gasteiger charge is 2.01. The summed E-state index contributed by atoms with van der Waals surface area (Å²) < 4.78 is 0. The quantitative estimate of drug-likeness (QED) is 0.580. The summed E-state index contributed by atoms with van der Waals surface area (Å²) in [7, 11) is 5.52. The summed E-state index contributed by atoms with van der Waals surface area (Å²) in [6.07, 6.45) is 1.73. The highest BCUT2D eigenvalue weighted by atomic mass is 14.1. The Kier molecular flexibility index (Phi) is 2.96. The Balaban J connectivity index is 3.08. The van der Waals surface area contributed by atoms with Gasteiger partial charge in [-0.2, -0.15) is 0 Å². The first-order chi connectivity index (χ1) is 5.66. The molecular weight excluding hydrogens is 143 g/mol. The predicted molar refractivity (Wildman–Crippen MR) is 54.9 cm³/mol. The molecule has 0 nitrogen and oxygen atoms in total. The van der Waals surface area contributed by atoms with Crippen molar-refractivity contribution < 1.29 is 0 Å². The molecule has 1 aromatic rings. The Labute approximate surface area is 76.4 Å². The van der Waals surface area contributed by atoms with Crippen LogP contribution in [0.3, 0.4) is 0 Å². The zero-order valence-electron chi connectivity index (χ0n) is 8.15. The average molecular weight is 158 g/mol. The van der Waals surface area contributed by atoms with Crippen LogP contribution in [0.4, 0.5) is 0 Å². The summed E-state index contributed by atoms with van der Waals surface area (Å²) in [5.74, 6) is 0. The third-order valence-corrected chi connectivity index (χ3v) is 2.58. The predicted octanol–water partition coefficient (Wildman–Crippen LogP) is 2.74. The van der Waals surface area contributed by atoms with Crippen molar-refractivity contribution in [1.29, 1.82) is 0 Å². The van der Waals surface area contributed by atoms with E-state index in [9.17, 15) is 0 Å². The lowest BCUT2D eigenvalue weighted by atomic mass is 9.91. The second-order valence-corrected chi connectivity index (χ2v) is 3.33. The molecule has 0 aromatic heterocycles. The molecule has 0 N–H and O–H groups in total. The lowest BCUT2D eigenvalue weighted by Gasteiger charge is -2.09. The Bertz CT molecular complexity index is 277. The molecule has 1 rings (SSSR count). The molecule has 0 heterocycles. The maximum Gasteiger partial charge on any atom is 0.0657 e. The van der Waals surface area contributed by atoms with Crippen LogP contribution < -0.4 is 0 Å². The van der Waals surface area contributed by atoms with Crippen molar-refractivity contribution in [3.8, 4) is 0 Å². The lowest BCUT2D eigenvalue weighted by Crippen LogP contribution is -1.94. The molecule has 62 valence electrons. The first kappa shape index (κ1) is 9.37. The van der Waals surface area contributed by atoms with Crippen molar-refractivity contribution in [1.82, 2.24) is 0 Å². The van der Waals surface area contributed by atoms with Gasteiger partial charge in [0.25, 0.3) is 0 Å². The first-order valence-corrected chi connectivity index (χ1v) is 4.42. The molecule has 0 aliphatic rings. The van der Waals surface area contributed by atoms with Crippen molar-refractivity contribution in [2.45, 2.75) is 33.5 Å². The minimum atomic E-state index is 0.739. The SMILES string of the molecule is [B]CCc1ccc(C)c(C)c1C. The summed E-state index contributed by atoms with van der Waals surface area (Å²) >= 11 is 0. The summed E-state index contributed by atoms with van der Waals surface area (Å²) in [6.45, 7) is 6.49. The Morgan fingerprint density at radius 3 is 2.33 bits per heavy atom. The molecular formula is C11H15B. The average Bonchev–Trinajstić information content (AvgIpc) is 2.07. The third kappa shape index (κ3) is 1.71. The monoisotopic (exact) mass is 158 g/mol. The molecule has 0 bridgehead atoms. The van der Waals surface area contributed by atoms with E-state index in [1.165, 1.54) is 22.3 Å². The van der Waals surface area contributed by atoms with E-state index in [1.54, 1.807) is 0 Å².